The first-order chi connectivity index (χ1) is 14.6. The molecule has 2 aromatic carbocycles. The second-order valence-electron chi connectivity index (χ2n) is 7.52. The first kappa shape index (κ1) is 22.4. The van der Waals surface area contributed by atoms with Crippen molar-refractivity contribution in [3.05, 3.63) is 58.6 Å². The summed E-state index contributed by atoms with van der Waals surface area (Å²) in [4.78, 5) is -0.158. The molecule has 0 radical (unpaired) electrons. The van der Waals surface area contributed by atoms with Gasteiger partial charge in [-0.2, -0.15) is 4.31 Å². The van der Waals surface area contributed by atoms with Crippen molar-refractivity contribution in [3.63, 3.8) is 0 Å². The molecule has 0 aromatic heterocycles. The van der Waals surface area contributed by atoms with Crippen molar-refractivity contribution in [2.24, 2.45) is 0 Å². The molecule has 0 saturated carbocycles. The molecule has 2 aliphatic rings. The Morgan fingerprint density at radius 2 is 1.74 bits per heavy atom. The van der Waals surface area contributed by atoms with E-state index < -0.39 is 60.2 Å². The first-order valence-corrected chi connectivity index (χ1v) is 13.1. The topological polar surface area (TPSA) is 80.8 Å². The lowest BCUT2D eigenvalue weighted by molar-refractivity contribution is 0.0984. The number of ether oxygens (including phenoxy) is 1. The number of benzene rings is 2. The lowest BCUT2D eigenvalue weighted by atomic mass is 9.81. The minimum atomic E-state index is -4.41. The molecular weight excluding hydrogens is 472 g/mol. The summed E-state index contributed by atoms with van der Waals surface area (Å²) in [6, 6.07) is 5.77. The number of sulfone groups is 1. The number of fused-ring (bicyclic) bond motifs is 3. The van der Waals surface area contributed by atoms with Crippen LogP contribution in [0.25, 0.3) is 0 Å². The lowest BCUT2D eigenvalue weighted by Crippen LogP contribution is -2.64. The van der Waals surface area contributed by atoms with Crippen LogP contribution < -0.4 is 4.74 Å². The van der Waals surface area contributed by atoms with E-state index >= 15 is 4.39 Å². The van der Waals surface area contributed by atoms with Crippen LogP contribution in [0, 0.1) is 11.6 Å². The summed E-state index contributed by atoms with van der Waals surface area (Å²) in [6.07, 6.45) is 0.0625. The van der Waals surface area contributed by atoms with Gasteiger partial charge in [-0.15, -0.1) is 0 Å². The second kappa shape index (κ2) is 7.68. The number of halogens is 3. The zero-order valence-corrected chi connectivity index (χ0v) is 18.9. The van der Waals surface area contributed by atoms with Crippen LogP contribution >= 0.6 is 11.6 Å². The van der Waals surface area contributed by atoms with E-state index in [4.69, 9.17) is 16.3 Å². The quantitative estimate of drug-likeness (QED) is 0.654. The summed E-state index contributed by atoms with van der Waals surface area (Å²) in [6.45, 7) is 1.09. The van der Waals surface area contributed by atoms with E-state index in [-0.39, 0.29) is 30.0 Å². The van der Waals surface area contributed by atoms with E-state index in [1.165, 1.54) is 31.2 Å². The largest absolute Gasteiger partial charge is 0.488 e. The molecule has 168 valence electrons. The fraction of sp³-hybridized carbons (Fsp3) is 0.400. The number of hydrogen-bond acceptors (Lipinski definition) is 5. The Labute approximate surface area is 184 Å². The standard InChI is InChI=1S/C20H20ClF2NO5S2/c1-2-30(25,26)24-11-3-10-20(31(27,28)14-6-4-13(21)5-7-14)17(24)12-29-19-16(23)9-8-15(22)18(19)20/h4-9,17H,2-3,10-12H2,1H3/t17-,20+/m0/s1. The summed E-state index contributed by atoms with van der Waals surface area (Å²) >= 11 is 5.90. The van der Waals surface area contributed by atoms with Crippen molar-refractivity contribution in [1.29, 1.82) is 0 Å². The molecule has 2 aliphatic heterocycles. The molecule has 4 rings (SSSR count). The number of rotatable bonds is 4. The highest BCUT2D eigenvalue weighted by molar-refractivity contribution is 7.92. The summed E-state index contributed by atoms with van der Waals surface area (Å²) in [5.41, 5.74) is -0.463. The van der Waals surface area contributed by atoms with Crippen LogP contribution in [0.4, 0.5) is 8.78 Å². The van der Waals surface area contributed by atoms with Crippen LogP contribution in [0.3, 0.4) is 0 Å². The molecule has 2 heterocycles. The monoisotopic (exact) mass is 491 g/mol. The van der Waals surface area contributed by atoms with E-state index in [2.05, 4.69) is 0 Å². The highest BCUT2D eigenvalue weighted by Crippen LogP contribution is 2.54. The normalized spacial score (nSPS) is 24.2. The molecule has 0 unspecified atom stereocenters. The number of sulfonamides is 1. The maximum atomic E-state index is 15.2. The van der Waals surface area contributed by atoms with Gasteiger partial charge in [0.25, 0.3) is 0 Å². The molecule has 0 aliphatic carbocycles. The molecule has 11 heteroatoms. The molecule has 1 fully saturated rings. The number of nitrogens with zero attached hydrogens (tertiary/aromatic N) is 1. The molecule has 0 amide bonds. The molecule has 1 saturated heterocycles. The first-order valence-electron chi connectivity index (χ1n) is 9.67. The van der Waals surface area contributed by atoms with Gasteiger partial charge in [-0.25, -0.2) is 25.6 Å². The van der Waals surface area contributed by atoms with Gasteiger partial charge in [-0.05, 0) is 56.2 Å². The van der Waals surface area contributed by atoms with Crippen LogP contribution in [0.5, 0.6) is 5.75 Å². The summed E-state index contributed by atoms with van der Waals surface area (Å²) in [5.74, 6) is -2.63. The highest BCUT2D eigenvalue weighted by Gasteiger charge is 2.62. The third-order valence-electron chi connectivity index (χ3n) is 6.01. The molecule has 2 atom stereocenters. The van der Waals surface area contributed by atoms with Crippen molar-refractivity contribution < 1.29 is 30.4 Å². The number of hydrogen-bond donors (Lipinski definition) is 0. The van der Waals surface area contributed by atoms with Crippen molar-refractivity contribution in [2.75, 3.05) is 18.9 Å². The smallest absolute Gasteiger partial charge is 0.214 e. The minimum Gasteiger partial charge on any atom is -0.488 e. The Morgan fingerprint density at radius 3 is 2.39 bits per heavy atom. The molecule has 0 spiro atoms. The van der Waals surface area contributed by atoms with Gasteiger partial charge in [-0.3, -0.25) is 0 Å². The SMILES string of the molecule is CCS(=O)(=O)N1CCC[C@]2(S(=O)(=O)c3ccc(Cl)cc3)c3c(F)ccc(F)c3OC[C@H]12. The lowest BCUT2D eigenvalue weighted by Gasteiger charge is -2.51. The van der Waals surface area contributed by atoms with E-state index in [1.54, 1.807) is 0 Å². The van der Waals surface area contributed by atoms with Crippen molar-refractivity contribution in [1.82, 2.24) is 4.31 Å². The maximum Gasteiger partial charge on any atom is 0.214 e. The van der Waals surface area contributed by atoms with Gasteiger partial charge in [0.05, 0.1) is 22.3 Å². The van der Waals surface area contributed by atoms with Crippen LogP contribution in [-0.2, 0) is 24.6 Å². The van der Waals surface area contributed by atoms with Crippen LogP contribution in [0.1, 0.15) is 25.3 Å². The van der Waals surface area contributed by atoms with Crippen molar-refractivity contribution >= 4 is 31.5 Å². The highest BCUT2D eigenvalue weighted by atomic mass is 35.5. The average molecular weight is 492 g/mol. The third-order valence-corrected chi connectivity index (χ3v) is 10.7. The maximum absolute atomic E-state index is 15.2. The Balaban J connectivity index is 2.06. The van der Waals surface area contributed by atoms with Gasteiger partial charge >= 0.3 is 0 Å². The van der Waals surface area contributed by atoms with Gasteiger partial charge in [0.1, 0.15) is 17.2 Å². The zero-order chi connectivity index (χ0) is 22.6. The molecular formula is C20H20ClF2NO5S2. The Morgan fingerprint density at radius 1 is 1.10 bits per heavy atom. The fourth-order valence-electron chi connectivity index (χ4n) is 4.56. The van der Waals surface area contributed by atoms with Gasteiger partial charge in [0, 0.05) is 11.6 Å². The van der Waals surface area contributed by atoms with Gasteiger partial charge in [0.15, 0.2) is 21.4 Å². The molecule has 2 aromatic rings. The van der Waals surface area contributed by atoms with Crippen LogP contribution in [0.15, 0.2) is 41.3 Å². The predicted molar refractivity (Wildman–Crippen MR) is 111 cm³/mol. The van der Waals surface area contributed by atoms with Gasteiger partial charge in [0.2, 0.25) is 10.0 Å². The van der Waals surface area contributed by atoms with Crippen LogP contribution in [0.2, 0.25) is 5.02 Å². The molecule has 0 N–H and O–H groups in total. The number of piperidine rings is 1. The fourth-order valence-corrected chi connectivity index (χ4v) is 8.46. The van der Waals surface area contributed by atoms with E-state index in [0.717, 1.165) is 16.4 Å². The Hall–Kier alpha value is -1.75. The predicted octanol–water partition coefficient (Wildman–Crippen LogP) is 3.49. The average Bonchev–Trinajstić information content (AvgIpc) is 2.75. The van der Waals surface area contributed by atoms with Gasteiger partial charge in [-0.1, -0.05) is 11.6 Å². The zero-order valence-electron chi connectivity index (χ0n) is 16.5. The third kappa shape index (κ3) is 3.26. The second-order valence-corrected chi connectivity index (χ2v) is 12.4. The van der Waals surface area contributed by atoms with E-state index in [1.807, 2.05) is 0 Å². The Kier molecular flexibility index (Phi) is 5.56. The summed E-state index contributed by atoms with van der Waals surface area (Å²) in [7, 11) is -8.26. The van der Waals surface area contributed by atoms with Gasteiger partial charge < -0.3 is 4.74 Å². The van der Waals surface area contributed by atoms with E-state index in [0.29, 0.717) is 5.02 Å². The summed E-state index contributed by atoms with van der Waals surface area (Å²) < 4.78 is 87.9. The molecule has 31 heavy (non-hydrogen) atoms. The van der Waals surface area contributed by atoms with E-state index in [9.17, 15) is 21.2 Å². The van der Waals surface area contributed by atoms with Crippen molar-refractivity contribution in [3.8, 4) is 5.75 Å². The summed E-state index contributed by atoms with van der Waals surface area (Å²) in [5, 5.41) is 0.302. The van der Waals surface area contributed by atoms with Crippen LogP contribution in [-0.4, -0.2) is 46.1 Å². The molecule has 0 bridgehead atoms. The Bertz CT molecular complexity index is 1230. The minimum absolute atomic E-state index is 0.0638. The molecule has 6 nitrogen and oxygen atoms in total. The van der Waals surface area contributed by atoms with Crippen molar-refractivity contribution in [2.45, 2.75) is 35.4 Å².